The van der Waals surface area contributed by atoms with E-state index < -0.39 is 59.6 Å². The molecule has 0 aromatic heterocycles. The van der Waals surface area contributed by atoms with Gasteiger partial charge >= 0.3 is 5.97 Å². The van der Waals surface area contributed by atoms with Gasteiger partial charge in [-0.2, -0.15) is 0 Å². The number of esters is 1. The Labute approximate surface area is 253 Å². The van der Waals surface area contributed by atoms with Crippen LogP contribution in [0, 0.1) is 17.8 Å². The van der Waals surface area contributed by atoms with E-state index in [1.807, 2.05) is 64.1 Å². The third kappa shape index (κ3) is 5.40. The Morgan fingerprint density at radius 2 is 1.77 bits per heavy atom. The summed E-state index contributed by atoms with van der Waals surface area (Å²) in [5, 5.41) is 13.4. The Morgan fingerprint density at radius 3 is 2.42 bits per heavy atom. The van der Waals surface area contributed by atoms with Crippen molar-refractivity contribution in [3.63, 3.8) is 0 Å². The van der Waals surface area contributed by atoms with Crippen LogP contribution in [0.5, 0.6) is 0 Å². The summed E-state index contributed by atoms with van der Waals surface area (Å²) in [4.78, 5) is 59.0. The normalized spacial score (nSPS) is 34.5. The molecule has 0 bridgehead atoms. The third-order valence-corrected chi connectivity index (χ3v) is 9.25. The van der Waals surface area contributed by atoms with Crippen LogP contribution in [0.25, 0.3) is 0 Å². The first-order valence-electron chi connectivity index (χ1n) is 15.3. The zero-order valence-electron chi connectivity index (χ0n) is 25.5. The number of aliphatic hydroxyl groups excluding tert-OH is 1. The predicted molar refractivity (Wildman–Crippen MR) is 158 cm³/mol. The smallest absolute Gasteiger partial charge is 0.313 e. The minimum absolute atomic E-state index is 0.146. The lowest BCUT2D eigenvalue weighted by Gasteiger charge is -2.40. The first-order valence-corrected chi connectivity index (χ1v) is 15.3. The van der Waals surface area contributed by atoms with Gasteiger partial charge in [-0.15, -0.1) is 0 Å². The van der Waals surface area contributed by atoms with Crippen LogP contribution in [-0.2, 0) is 28.7 Å². The predicted octanol–water partition coefficient (Wildman–Crippen LogP) is 2.53. The molecule has 3 amide bonds. The van der Waals surface area contributed by atoms with Crippen molar-refractivity contribution in [2.75, 3.05) is 13.2 Å². The molecule has 0 aliphatic carbocycles. The summed E-state index contributed by atoms with van der Waals surface area (Å²) in [6.45, 7) is 9.39. The molecule has 0 radical (unpaired) electrons. The van der Waals surface area contributed by atoms with E-state index in [9.17, 15) is 24.3 Å². The van der Waals surface area contributed by atoms with Crippen LogP contribution in [0.15, 0.2) is 54.6 Å². The fourth-order valence-electron chi connectivity index (χ4n) is 7.10. The Bertz CT molecular complexity index is 1290. The van der Waals surface area contributed by atoms with Gasteiger partial charge in [-0.25, -0.2) is 0 Å². The highest BCUT2D eigenvalue weighted by Gasteiger charge is 2.72. The Morgan fingerprint density at radius 1 is 1.05 bits per heavy atom. The number of carbonyl (C=O) groups is 4. The van der Waals surface area contributed by atoms with Gasteiger partial charge in [0.25, 0.3) is 0 Å². The van der Waals surface area contributed by atoms with Crippen LogP contribution in [0.3, 0.4) is 0 Å². The number of carbonyl (C=O) groups excluding carboxylic acids is 4. The van der Waals surface area contributed by atoms with Crippen LogP contribution in [0.2, 0.25) is 0 Å². The van der Waals surface area contributed by atoms with Crippen molar-refractivity contribution in [3.8, 4) is 0 Å². The topological polar surface area (TPSA) is 125 Å². The molecule has 10 nitrogen and oxygen atoms in total. The molecule has 10 heteroatoms. The van der Waals surface area contributed by atoms with Crippen LogP contribution in [0.1, 0.15) is 59.1 Å². The number of ether oxygens (including phenoxy) is 2. The second-order valence-electron chi connectivity index (χ2n) is 12.7. The molecule has 0 unspecified atom stereocenters. The van der Waals surface area contributed by atoms with Crippen LogP contribution in [-0.4, -0.2) is 87.6 Å². The lowest BCUT2D eigenvalue weighted by atomic mass is 9.77. The molecule has 2 fully saturated rings. The van der Waals surface area contributed by atoms with Crippen molar-refractivity contribution in [3.05, 3.63) is 60.2 Å². The highest BCUT2D eigenvalue weighted by atomic mass is 16.6. The highest BCUT2D eigenvalue weighted by Crippen LogP contribution is 2.54. The molecule has 8 atom stereocenters. The lowest BCUT2D eigenvalue weighted by Crippen LogP contribution is -2.59. The molecule has 0 saturated carbocycles. The minimum Gasteiger partial charge on any atom is -0.455 e. The number of rotatable bonds is 5. The molecule has 2 N–H and O–H groups in total. The number of hydrogen-bond donors (Lipinski definition) is 2. The Hall–Kier alpha value is -3.50. The molecule has 1 spiro atoms. The SMILES string of the molecule is CC(C)[C@H](CO)N1C(=O)[C@H]2[C@@H]3C(=O)O[C@@H](c4ccccc4)[C@H](C)NC(=O)CC/C=C\[C@@H]3O[C@]23C=CCN(C(C)C)C(=O)[C@H]13. The van der Waals surface area contributed by atoms with E-state index in [0.29, 0.717) is 18.5 Å². The van der Waals surface area contributed by atoms with Crippen molar-refractivity contribution in [1.29, 1.82) is 0 Å². The monoisotopic (exact) mass is 593 g/mol. The van der Waals surface area contributed by atoms with Crippen molar-refractivity contribution in [2.24, 2.45) is 17.8 Å². The molecular formula is C33H43N3O7. The van der Waals surface area contributed by atoms with Crippen LogP contribution in [0.4, 0.5) is 0 Å². The maximum atomic E-state index is 14.6. The zero-order chi connectivity index (χ0) is 31.1. The summed E-state index contributed by atoms with van der Waals surface area (Å²) in [5.74, 6) is -3.78. The van der Waals surface area contributed by atoms with Crippen molar-refractivity contribution >= 4 is 23.7 Å². The average molecular weight is 594 g/mol. The molecule has 5 rings (SSSR count). The van der Waals surface area contributed by atoms with E-state index in [2.05, 4.69) is 5.32 Å². The minimum atomic E-state index is -1.44. The number of nitrogens with zero attached hydrogens (tertiary/aromatic N) is 2. The van der Waals surface area contributed by atoms with Gasteiger partial charge in [-0.3, -0.25) is 19.2 Å². The molecule has 43 heavy (non-hydrogen) atoms. The molecule has 1 aromatic carbocycles. The van der Waals surface area contributed by atoms with E-state index in [1.54, 1.807) is 30.1 Å². The van der Waals surface area contributed by atoms with Crippen molar-refractivity contribution in [2.45, 2.75) is 89.4 Å². The number of cyclic esters (lactones) is 1. The molecule has 2 saturated heterocycles. The highest BCUT2D eigenvalue weighted by molar-refractivity contribution is 5.99. The van der Waals surface area contributed by atoms with Gasteiger partial charge in [0.1, 0.15) is 23.7 Å². The third-order valence-electron chi connectivity index (χ3n) is 9.25. The Kier molecular flexibility index (Phi) is 8.81. The van der Waals surface area contributed by atoms with Gasteiger partial charge in [0, 0.05) is 19.0 Å². The van der Waals surface area contributed by atoms with Crippen molar-refractivity contribution in [1.82, 2.24) is 15.1 Å². The fraction of sp³-hybridized carbons (Fsp3) is 0.576. The van der Waals surface area contributed by atoms with Gasteiger partial charge in [0.05, 0.1) is 30.7 Å². The molecule has 4 aliphatic rings. The average Bonchev–Trinajstić information content (AvgIpc) is 3.34. The van der Waals surface area contributed by atoms with E-state index in [0.717, 1.165) is 0 Å². The maximum absolute atomic E-state index is 14.6. The van der Waals surface area contributed by atoms with Crippen LogP contribution < -0.4 is 5.32 Å². The zero-order valence-corrected chi connectivity index (χ0v) is 25.5. The summed E-state index contributed by atoms with van der Waals surface area (Å²) < 4.78 is 12.9. The number of aliphatic hydroxyl groups is 1. The summed E-state index contributed by atoms with van der Waals surface area (Å²) in [5.41, 5.74) is -0.739. The summed E-state index contributed by atoms with van der Waals surface area (Å²) in [7, 11) is 0. The number of nitrogens with one attached hydrogen (secondary N) is 1. The molecule has 1 aromatic rings. The Balaban J connectivity index is 1.64. The number of likely N-dealkylation sites (tertiary alicyclic amines) is 1. The molecule has 4 aliphatic heterocycles. The largest absolute Gasteiger partial charge is 0.455 e. The standard InChI is InChI=1S/C33H43N3O7/c1-19(2)23(18-37)36-29-31(40)35(20(3)4)17-11-16-33(29)27(30(36)39)26-24(43-33)14-9-10-15-25(38)34-21(5)28(42-32(26)41)22-12-7-6-8-13-22/h6-9,11-14,16,19-21,23-24,26-29,37H,10,15,17-18H2,1-5H3,(H,34,38)/b14-9-/t21-,23-,24-,26+,27+,28+,29-,33+/m0/s1. The molecule has 232 valence electrons. The molecule has 4 heterocycles. The van der Waals surface area contributed by atoms with E-state index in [4.69, 9.17) is 9.47 Å². The second kappa shape index (κ2) is 12.2. The number of amides is 3. The van der Waals surface area contributed by atoms with Gasteiger partial charge in [0.2, 0.25) is 17.7 Å². The first-order chi connectivity index (χ1) is 20.5. The fourth-order valence-corrected chi connectivity index (χ4v) is 7.10. The second-order valence-corrected chi connectivity index (χ2v) is 12.7. The number of hydrogen-bond acceptors (Lipinski definition) is 7. The van der Waals surface area contributed by atoms with Crippen LogP contribution >= 0.6 is 0 Å². The maximum Gasteiger partial charge on any atom is 0.313 e. The van der Waals surface area contributed by atoms with Gasteiger partial charge < -0.3 is 29.7 Å². The summed E-state index contributed by atoms with van der Waals surface area (Å²) in [6, 6.07) is 6.77. The number of allylic oxidation sites excluding steroid dienone is 1. The number of benzene rings is 1. The van der Waals surface area contributed by atoms with Gasteiger partial charge in [-0.05, 0) is 38.7 Å². The van der Waals surface area contributed by atoms with E-state index in [1.165, 1.54) is 4.90 Å². The van der Waals surface area contributed by atoms with Gasteiger partial charge in [0.15, 0.2) is 0 Å². The van der Waals surface area contributed by atoms with Crippen molar-refractivity contribution < 1.29 is 33.8 Å². The quantitative estimate of drug-likeness (QED) is 0.397. The van der Waals surface area contributed by atoms with Gasteiger partial charge in [-0.1, -0.05) is 68.5 Å². The summed E-state index contributed by atoms with van der Waals surface area (Å²) in [6.07, 6.45) is 6.08. The lowest BCUT2D eigenvalue weighted by molar-refractivity contribution is -0.162. The molecular weight excluding hydrogens is 550 g/mol. The summed E-state index contributed by atoms with van der Waals surface area (Å²) >= 11 is 0. The van der Waals surface area contributed by atoms with E-state index >= 15 is 0 Å². The first kappa shape index (κ1) is 30.9. The number of fused-ring (bicyclic) bond motifs is 2. The van der Waals surface area contributed by atoms with E-state index in [-0.39, 0.29) is 36.8 Å².